The van der Waals surface area contributed by atoms with Crippen LogP contribution in [-0.2, 0) is 10.2 Å². The summed E-state index contributed by atoms with van der Waals surface area (Å²) >= 11 is 7.60. The predicted molar refractivity (Wildman–Crippen MR) is 124 cm³/mol. The molecule has 30 heavy (non-hydrogen) atoms. The molecule has 1 unspecified atom stereocenters. The van der Waals surface area contributed by atoms with Gasteiger partial charge >= 0.3 is 5.97 Å². The number of halogens is 1. The smallest absolute Gasteiger partial charge is 0.338 e. The minimum atomic E-state index is -0.686. The second-order valence-electron chi connectivity index (χ2n) is 7.79. The van der Waals surface area contributed by atoms with Crippen LogP contribution in [0, 0.1) is 6.92 Å². The summed E-state index contributed by atoms with van der Waals surface area (Å²) in [5, 5.41) is 13.5. The zero-order valence-corrected chi connectivity index (χ0v) is 19.1. The fourth-order valence-corrected chi connectivity index (χ4v) is 4.56. The normalized spacial score (nSPS) is 12.9. The molecular weight excluding hydrogens is 416 g/mol. The molecular formula is C25H25ClO3S. The molecule has 156 valence electrons. The molecule has 1 atom stereocenters. The van der Waals surface area contributed by atoms with Gasteiger partial charge in [-0.15, -0.1) is 11.3 Å². The summed E-state index contributed by atoms with van der Waals surface area (Å²) in [6.45, 7) is 6.20. The van der Waals surface area contributed by atoms with Crippen LogP contribution >= 0.6 is 22.9 Å². The van der Waals surface area contributed by atoms with Crippen LogP contribution in [0.2, 0.25) is 5.02 Å². The van der Waals surface area contributed by atoms with Crippen LogP contribution in [0.1, 0.15) is 57.4 Å². The first-order chi connectivity index (χ1) is 14.2. The number of hydrogen-bond acceptors (Lipinski definition) is 4. The maximum atomic E-state index is 12.1. The van der Waals surface area contributed by atoms with Crippen LogP contribution in [-0.4, -0.2) is 18.2 Å². The topological polar surface area (TPSA) is 46.5 Å². The molecule has 0 amide bonds. The lowest BCUT2D eigenvalue weighted by molar-refractivity contribution is 0.0600. The van der Waals surface area contributed by atoms with Crippen LogP contribution in [0.15, 0.2) is 60.0 Å². The van der Waals surface area contributed by atoms with E-state index < -0.39 is 12.1 Å². The number of rotatable bonds is 6. The molecule has 0 spiro atoms. The average Bonchev–Trinajstić information content (AvgIpc) is 3.23. The van der Waals surface area contributed by atoms with Crippen molar-refractivity contribution in [1.82, 2.24) is 0 Å². The number of benzene rings is 2. The molecule has 0 aliphatic rings. The highest BCUT2D eigenvalue weighted by atomic mass is 35.5. The summed E-state index contributed by atoms with van der Waals surface area (Å²) in [6, 6.07) is 15.1. The molecule has 0 radical (unpaired) electrons. The zero-order chi connectivity index (χ0) is 21.9. The number of carbonyl (C=O) groups is 1. The number of ether oxygens (including phenoxy) is 1. The van der Waals surface area contributed by atoms with E-state index in [2.05, 4.69) is 13.8 Å². The zero-order valence-electron chi connectivity index (χ0n) is 17.5. The van der Waals surface area contributed by atoms with Crippen molar-refractivity contribution >= 4 is 35.0 Å². The molecule has 3 rings (SSSR count). The Morgan fingerprint density at radius 2 is 1.87 bits per heavy atom. The highest BCUT2D eigenvalue weighted by molar-refractivity contribution is 7.10. The van der Waals surface area contributed by atoms with Gasteiger partial charge in [0, 0.05) is 15.3 Å². The third kappa shape index (κ3) is 4.84. The Hall–Kier alpha value is -2.40. The second kappa shape index (κ2) is 9.17. The van der Waals surface area contributed by atoms with Crippen LogP contribution < -0.4 is 0 Å². The summed E-state index contributed by atoms with van der Waals surface area (Å²) in [5.74, 6) is -0.430. The van der Waals surface area contributed by atoms with E-state index in [0.29, 0.717) is 10.6 Å². The second-order valence-corrected chi connectivity index (χ2v) is 9.17. The Morgan fingerprint density at radius 1 is 1.17 bits per heavy atom. The van der Waals surface area contributed by atoms with Gasteiger partial charge in [0.2, 0.25) is 0 Å². The lowest BCUT2D eigenvalue weighted by Crippen LogP contribution is -2.16. The molecule has 1 N–H and O–H groups in total. The van der Waals surface area contributed by atoms with Crippen molar-refractivity contribution in [3.05, 3.63) is 97.7 Å². The van der Waals surface area contributed by atoms with E-state index in [-0.39, 0.29) is 5.41 Å². The molecule has 5 heteroatoms. The molecule has 1 heterocycles. The molecule has 0 fully saturated rings. The Bertz CT molecular complexity index is 1060. The highest BCUT2D eigenvalue weighted by Crippen LogP contribution is 2.38. The van der Waals surface area contributed by atoms with E-state index in [1.807, 2.05) is 54.8 Å². The number of aliphatic hydroxyl groups is 1. The van der Waals surface area contributed by atoms with Crippen molar-refractivity contribution < 1.29 is 14.6 Å². The lowest BCUT2D eigenvalue weighted by atomic mass is 9.82. The van der Waals surface area contributed by atoms with Crippen LogP contribution in [0.3, 0.4) is 0 Å². The molecule has 0 aliphatic carbocycles. The first-order valence-corrected chi connectivity index (χ1v) is 10.9. The van der Waals surface area contributed by atoms with Gasteiger partial charge in [-0.2, -0.15) is 0 Å². The third-order valence-corrected chi connectivity index (χ3v) is 6.34. The van der Waals surface area contributed by atoms with Gasteiger partial charge in [-0.1, -0.05) is 73.5 Å². The number of allylic oxidation sites excluding steroid dienone is 1. The Balaban J connectivity index is 1.93. The molecule has 3 nitrogen and oxygen atoms in total. The van der Waals surface area contributed by atoms with Crippen molar-refractivity contribution in [1.29, 1.82) is 0 Å². The van der Waals surface area contributed by atoms with Gasteiger partial charge in [0.15, 0.2) is 0 Å². The van der Waals surface area contributed by atoms with E-state index in [1.54, 1.807) is 29.5 Å². The Morgan fingerprint density at radius 3 is 2.53 bits per heavy atom. The third-order valence-electron chi connectivity index (χ3n) is 5.13. The average molecular weight is 441 g/mol. The van der Waals surface area contributed by atoms with E-state index >= 15 is 0 Å². The van der Waals surface area contributed by atoms with Gasteiger partial charge in [0.1, 0.15) is 6.10 Å². The van der Waals surface area contributed by atoms with Crippen molar-refractivity contribution in [2.75, 3.05) is 7.11 Å². The van der Waals surface area contributed by atoms with Crippen molar-refractivity contribution in [3.8, 4) is 0 Å². The van der Waals surface area contributed by atoms with E-state index in [1.165, 1.54) is 7.11 Å². The molecule has 0 bridgehead atoms. The fraction of sp³-hybridized carbons (Fsp3) is 0.240. The Labute approximate surface area is 186 Å². The first kappa shape index (κ1) is 22.3. The van der Waals surface area contributed by atoms with E-state index in [9.17, 15) is 9.90 Å². The molecule has 3 aromatic rings. The number of esters is 1. The quantitative estimate of drug-likeness (QED) is 0.441. The summed E-state index contributed by atoms with van der Waals surface area (Å²) in [7, 11) is 1.35. The summed E-state index contributed by atoms with van der Waals surface area (Å²) in [5.41, 5.74) is 3.86. The van der Waals surface area contributed by atoms with E-state index in [0.717, 1.165) is 27.1 Å². The van der Waals surface area contributed by atoms with Crippen LogP contribution in [0.5, 0.6) is 0 Å². The molecule has 0 saturated carbocycles. The largest absolute Gasteiger partial charge is 0.465 e. The molecule has 1 aromatic heterocycles. The van der Waals surface area contributed by atoms with Gasteiger partial charge in [0.05, 0.1) is 12.7 Å². The minimum absolute atomic E-state index is 0.367. The molecule has 2 aromatic carbocycles. The number of thiophene rings is 1. The van der Waals surface area contributed by atoms with Crippen LogP contribution in [0.4, 0.5) is 0 Å². The summed E-state index contributed by atoms with van der Waals surface area (Å²) in [4.78, 5) is 13.0. The van der Waals surface area contributed by atoms with Gasteiger partial charge in [-0.05, 0) is 47.2 Å². The van der Waals surface area contributed by atoms with E-state index in [4.69, 9.17) is 16.3 Å². The highest BCUT2D eigenvalue weighted by Gasteiger charge is 2.26. The van der Waals surface area contributed by atoms with Gasteiger partial charge in [0.25, 0.3) is 0 Å². The number of aryl methyl sites for hydroxylation is 1. The number of carbonyl (C=O) groups excluding carboxylic acids is 1. The monoisotopic (exact) mass is 440 g/mol. The number of methoxy groups -OCH3 is 1. The van der Waals surface area contributed by atoms with Gasteiger partial charge in [-0.25, -0.2) is 4.79 Å². The minimum Gasteiger partial charge on any atom is -0.465 e. The Kier molecular flexibility index (Phi) is 6.81. The predicted octanol–water partition coefficient (Wildman–Crippen LogP) is 6.57. The molecule has 0 aliphatic heterocycles. The number of aliphatic hydroxyl groups excluding tert-OH is 1. The van der Waals surface area contributed by atoms with Crippen molar-refractivity contribution in [3.63, 3.8) is 0 Å². The summed E-state index contributed by atoms with van der Waals surface area (Å²) < 4.78 is 4.88. The fourth-order valence-electron chi connectivity index (χ4n) is 3.31. The summed E-state index contributed by atoms with van der Waals surface area (Å²) in [6.07, 6.45) is 3.26. The number of hydrogen-bond donors (Lipinski definition) is 1. The van der Waals surface area contributed by atoms with Crippen molar-refractivity contribution in [2.45, 2.75) is 32.3 Å². The van der Waals surface area contributed by atoms with Crippen LogP contribution in [0.25, 0.3) is 6.08 Å². The maximum Gasteiger partial charge on any atom is 0.338 e. The van der Waals surface area contributed by atoms with Crippen molar-refractivity contribution in [2.24, 2.45) is 0 Å². The van der Waals surface area contributed by atoms with Gasteiger partial charge < -0.3 is 9.84 Å². The standard InChI is InChI=1S/C25H25ClO3S/c1-16-5-7-18(8-6-16)22(27)23-21(12-14-30-23)25(2,3)13-11-17-9-10-19(26)15-20(17)24(28)29-4/h5-15,22,27H,1-4H3/b13-11+. The SMILES string of the molecule is COC(=O)c1cc(Cl)ccc1/C=C/C(C)(C)c1ccsc1C(O)c1ccc(C)cc1. The molecule has 0 saturated heterocycles. The van der Waals surface area contributed by atoms with Gasteiger partial charge in [-0.3, -0.25) is 0 Å². The first-order valence-electron chi connectivity index (χ1n) is 9.62. The lowest BCUT2D eigenvalue weighted by Gasteiger charge is -2.24. The maximum absolute atomic E-state index is 12.1.